The van der Waals surface area contributed by atoms with E-state index in [1.807, 2.05) is 0 Å². The molecule has 0 saturated carbocycles. The molecule has 0 aliphatic carbocycles. The lowest BCUT2D eigenvalue weighted by atomic mass is 10.0. The van der Waals surface area contributed by atoms with E-state index in [2.05, 4.69) is 0 Å². The summed E-state index contributed by atoms with van der Waals surface area (Å²) in [5.41, 5.74) is 7.18. The van der Waals surface area contributed by atoms with Gasteiger partial charge in [0.15, 0.2) is 9.84 Å². The Morgan fingerprint density at radius 3 is 2.28 bits per heavy atom. The van der Waals surface area contributed by atoms with Crippen molar-refractivity contribution >= 4 is 27.1 Å². The number of hydrogen-bond acceptors (Lipinski definition) is 5. The Bertz CT molecular complexity index is 759. The zero-order valence-electron chi connectivity index (χ0n) is 13.7. The molecule has 2 N–H and O–H groups in total. The molecule has 1 amide bonds. The Hall–Kier alpha value is -1.90. The summed E-state index contributed by atoms with van der Waals surface area (Å²) >= 11 is 0. The number of sulfone groups is 1. The second-order valence-corrected chi connectivity index (χ2v) is 8.87. The molecule has 0 bridgehead atoms. The molecule has 0 atom stereocenters. The highest BCUT2D eigenvalue weighted by Crippen LogP contribution is 2.33. The van der Waals surface area contributed by atoms with Gasteiger partial charge in [-0.3, -0.25) is 4.79 Å². The Kier molecular flexibility index (Phi) is 4.61. The Labute approximate surface area is 145 Å². The monoisotopic (exact) mass is 373 g/mol. The van der Waals surface area contributed by atoms with Gasteiger partial charge in [0.1, 0.15) is 0 Å². The van der Waals surface area contributed by atoms with Crippen LogP contribution in [0.1, 0.15) is 23.2 Å². The fraction of sp³-hybridized carbons (Fsp3) is 0.562. The third-order valence-electron chi connectivity index (χ3n) is 4.72. The van der Waals surface area contributed by atoms with Crippen LogP contribution in [-0.2, 0) is 9.84 Å². The maximum absolute atomic E-state index is 13.4. The summed E-state index contributed by atoms with van der Waals surface area (Å²) in [7, 11) is -3.09. The van der Waals surface area contributed by atoms with E-state index in [1.165, 1.54) is 4.90 Å². The van der Waals surface area contributed by atoms with Gasteiger partial charge in [0, 0.05) is 44.7 Å². The van der Waals surface area contributed by atoms with Crippen molar-refractivity contribution < 1.29 is 22.0 Å². The number of carbonyl (C=O) groups excluding carboxylic acids is 1. The first-order chi connectivity index (χ1) is 11.7. The minimum absolute atomic E-state index is 0.0566. The molecule has 2 saturated heterocycles. The Morgan fingerprint density at radius 1 is 1.08 bits per heavy atom. The topological polar surface area (TPSA) is 83.7 Å². The first-order valence-corrected chi connectivity index (χ1v) is 10.0. The molecule has 2 fully saturated rings. The van der Waals surface area contributed by atoms with Crippen LogP contribution >= 0.6 is 0 Å². The van der Waals surface area contributed by atoms with Gasteiger partial charge in [-0.25, -0.2) is 17.2 Å². The van der Waals surface area contributed by atoms with Crippen LogP contribution in [0.5, 0.6) is 0 Å². The van der Waals surface area contributed by atoms with Crippen molar-refractivity contribution in [2.24, 2.45) is 0 Å². The van der Waals surface area contributed by atoms with Gasteiger partial charge in [-0.15, -0.1) is 0 Å². The van der Waals surface area contributed by atoms with Crippen LogP contribution in [0.15, 0.2) is 18.2 Å². The molecule has 1 aromatic rings. The van der Waals surface area contributed by atoms with E-state index < -0.39 is 15.8 Å². The number of piperidine rings is 1. The largest absolute Gasteiger partial charge is 0.399 e. The van der Waals surface area contributed by atoms with Gasteiger partial charge in [0.25, 0.3) is 11.8 Å². The van der Waals surface area contributed by atoms with Gasteiger partial charge >= 0.3 is 0 Å². The molecule has 1 aromatic carbocycles. The third kappa shape index (κ3) is 4.02. The van der Waals surface area contributed by atoms with Crippen molar-refractivity contribution in [2.75, 3.05) is 48.3 Å². The molecule has 3 rings (SSSR count). The fourth-order valence-electron chi connectivity index (χ4n) is 3.15. The number of halogens is 2. The summed E-state index contributed by atoms with van der Waals surface area (Å²) < 4.78 is 49.9. The molecule has 25 heavy (non-hydrogen) atoms. The summed E-state index contributed by atoms with van der Waals surface area (Å²) in [6.45, 7) is 0.572. The predicted molar refractivity (Wildman–Crippen MR) is 91.8 cm³/mol. The molecule has 0 spiro atoms. The van der Waals surface area contributed by atoms with Crippen molar-refractivity contribution in [3.63, 3.8) is 0 Å². The molecule has 138 valence electrons. The van der Waals surface area contributed by atoms with Gasteiger partial charge in [0.2, 0.25) is 0 Å². The predicted octanol–water partition coefficient (Wildman–Crippen LogP) is 1.37. The van der Waals surface area contributed by atoms with E-state index in [1.54, 1.807) is 23.1 Å². The second-order valence-electron chi connectivity index (χ2n) is 6.56. The van der Waals surface area contributed by atoms with Crippen LogP contribution in [0.4, 0.5) is 20.2 Å². The zero-order valence-corrected chi connectivity index (χ0v) is 14.6. The minimum atomic E-state index is -3.09. The first-order valence-electron chi connectivity index (χ1n) is 8.19. The molecular weight excluding hydrogens is 352 g/mol. The number of anilines is 2. The molecule has 0 unspecified atom stereocenters. The smallest absolute Gasteiger partial charge is 0.256 e. The van der Waals surface area contributed by atoms with Crippen LogP contribution in [0.25, 0.3) is 0 Å². The van der Waals surface area contributed by atoms with E-state index in [9.17, 15) is 22.0 Å². The maximum Gasteiger partial charge on any atom is 0.256 e. The number of rotatable bonds is 2. The third-order valence-corrected chi connectivity index (χ3v) is 6.33. The molecule has 2 aliphatic heterocycles. The van der Waals surface area contributed by atoms with Crippen LogP contribution < -0.4 is 10.6 Å². The lowest BCUT2D eigenvalue weighted by molar-refractivity contribution is -0.0220. The lowest BCUT2D eigenvalue weighted by Gasteiger charge is -2.35. The van der Waals surface area contributed by atoms with E-state index in [-0.39, 0.29) is 56.4 Å². The number of benzene rings is 1. The molecule has 2 aliphatic rings. The Balaban J connectivity index is 1.83. The summed E-state index contributed by atoms with van der Waals surface area (Å²) in [5.74, 6) is -3.08. The average Bonchev–Trinajstić information content (AvgIpc) is 2.54. The number of amides is 1. The number of hydrogen-bond donors (Lipinski definition) is 1. The highest BCUT2D eigenvalue weighted by atomic mass is 32.2. The van der Waals surface area contributed by atoms with Gasteiger partial charge in [-0.1, -0.05) is 0 Å². The summed E-state index contributed by atoms with van der Waals surface area (Å²) in [4.78, 5) is 16.1. The average molecular weight is 373 g/mol. The fourth-order valence-corrected chi connectivity index (χ4v) is 4.35. The summed E-state index contributed by atoms with van der Waals surface area (Å²) in [5, 5.41) is 0. The standard InChI is InChI=1S/C16H21F2N3O3S/c17-16(18)3-5-20(6-4-16)14-11-12(19)1-2-13(14)15(22)21-7-9-25(23,24)10-8-21/h1-2,11H,3-10,19H2. The Morgan fingerprint density at radius 2 is 1.68 bits per heavy atom. The van der Waals surface area contributed by atoms with E-state index in [0.29, 0.717) is 16.9 Å². The van der Waals surface area contributed by atoms with Crippen LogP contribution in [0.2, 0.25) is 0 Å². The van der Waals surface area contributed by atoms with Gasteiger partial charge in [-0.2, -0.15) is 0 Å². The van der Waals surface area contributed by atoms with Crippen molar-refractivity contribution in [2.45, 2.75) is 18.8 Å². The quantitative estimate of drug-likeness (QED) is 0.792. The molecule has 0 radical (unpaired) electrons. The minimum Gasteiger partial charge on any atom is -0.399 e. The van der Waals surface area contributed by atoms with E-state index >= 15 is 0 Å². The van der Waals surface area contributed by atoms with Gasteiger partial charge in [0.05, 0.1) is 22.8 Å². The molecule has 6 nitrogen and oxygen atoms in total. The molecular formula is C16H21F2N3O3S. The number of alkyl halides is 2. The van der Waals surface area contributed by atoms with Crippen molar-refractivity contribution in [1.82, 2.24) is 4.90 Å². The van der Waals surface area contributed by atoms with Crippen LogP contribution in [0, 0.1) is 0 Å². The van der Waals surface area contributed by atoms with Crippen molar-refractivity contribution in [1.29, 1.82) is 0 Å². The molecule has 0 aromatic heterocycles. The van der Waals surface area contributed by atoms with Gasteiger partial charge in [-0.05, 0) is 18.2 Å². The lowest BCUT2D eigenvalue weighted by Crippen LogP contribution is -2.45. The normalized spacial score (nSPS) is 22.6. The van der Waals surface area contributed by atoms with E-state index in [4.69, 9.17) is 5.73 Å². The maximum atomic E-state index is 13.4. The first kappa shape index (κ1) is 17.9. The molecule has 2 heterocycles. The van der Waals surface area contributed by atoms with Crippen molar-refractivity contribution in [3.05, 3.63) is 23.8 Å². The number of nitrogens with two attached hydrogens (primary N) is 1. The number of nitrogens with zero attached hydrogens (tertiary/aromatic N) is 2. The summed E-state index contributed by atoms with van der Waals surface area (Å²) in [6.07, 6.45) is -0.533. The number of carbonyl (C=O) groups is 1. The highest BCUT2D eigenvalue weighted by molar-refractivity contribution is 7.91. The van der Waals surface area contributed by atoms with Crippen LogP contribution in [-0.4, -0.2) is 62.8 Å². The number of nitrogen functional groups attached to an aromatic ring is 1. The van der Waals surface area contributed by atoms with Gasteiger partial charge < -0.3 is 15.5 Å². The zero-order chi connectivity index (χ0) is 18.2. The molecule has 9 heteroatoms. The summed E-state index contributed by atoms with van der Waals surface area (Å²) in [6, 6.07) is 4.80. The van der Waals surface area contributed by atoms with E-state index in [0.717, 1.165) is 0 Å². The second kappa shape index (κ2) is 6.44. The SMILES string of the molecule is Nc1ccc(C(=O)N2CCS(=O)(=O)CC2)c(N2CCC(F)(F)CC2)c1. The highest BCUT2D eigenvalue weighted by Gasteiger charge is 2.35. The van der Waals surface area contributed by atoms with Crippen LogP contribution in [0.3, 0.4) is 0 Å². The van der Waals surface area contributed by atoms with Crippen molar-refractivity contribution in [3.8, 4) is 0 Å².